The zero-order valence-corrected chi connectivity index (χ0v) is 9.56. The minimum Gasteiger partial charge on any atom is -0.294 e. The molecule has 0 atom stereocenters. The predicted octanol–water partition coefficient (Wildman–Crippen LogP) is 4.22. The number of hydrogen-bond acceptors (Lipinski definition) is 1. The van der Waals surface area contributed by atoms with Crippen molar-refractivity contribution in [2.45, 2.75) is 31.9 Å². The summed E-state index contributed by atoms with van der Waals surface area (Å²) in [7, 11) is 0. The highest BCUT2D eigenvalue weighted by Gasteiger charge is 2.36. The van der Waals surface area contributed by atoms with Crippen LogP contribution in [-0.2, 0) is 6.18 Å². The Labute approximate surface area is 102 Å². The number of ketones is 1. The molecule has 0 aliphatic heterocycles. The van der Waals surface area contributed by atoms with Gasteiger partial charge in [0.25, 0.3) is 0 Å². The van der Waals surface area contributed by atoms with Gasteiger partial charge in [-0.25, -0.2) is 4.39 Å². The van der Waals surface area contributed by atoms with E-state index < -0.39 is 28.9 Å². The second-order valence-electron chi connectivity index (χ2n) is 4.59. The van der Waals surface area contributed by atoms with Crippen LogP contribution in [0, 0.1) is 11.7 Å². The SMILES string of the molecule is O=C(CC1CCC1)c1cccc(C(F)(F)F)c1F. The number of benzene rings is 1. The van der Waals surface area contributed by atoms with Gasteiger partial charge in [0, 0.05) is 6.42 Å². The molecule has 1 fully saturated rings. The number of carbonyl (C=O) groups excluding carboxylic acids is 1. The number of Topliss-reactive ketones (excluding diaryl/α,β-unsaturated/α-hetero) is 1. The first kappa shape index (κ1) is 13.1. The summed E-state index contributed by atoms with van der Waals surface area (Å²) >= 11 is 0. The van der Waals surface area contributed by atoms with Crippen molar-refractivity contribution in [3.05, 3.63) is 35.1 Å². The lowest BCUT2D eigenvalue weighted by molar-refractivity contribution is -0.140. The van der Waals surface area contributed by atoms with Crippen molar-refractivity contribution in [3.8, 4) is 0 Å². The topological polar surface area (TPSA) is 17.1 Å². The van der Waals surface area contributed by atoms with Crippen molar-refractivity contribution >= 4 is 5.78 Å². The quantitative estimate of drug-likeness (QED) is 0.587. The Bertz CT molecular complexity index is 461. The Morgan fingerprint density at radius 1 is 1.28 bits per heavy atom. The molecule has 0 radical (unpaired) electrons. The van der Waals surface area contributed by atoms with Gasteiger partial charge in [0.05, 0.1) is 11.1 Å². The van der Waals surface area contributed by atoms with Crippen molar-refractivity contribution < 1.29 is 22.4 Å². The zero-order valence-electron chi connectivity index (χ0n) is 9.56. The summed E-state index contributed by atoms with van der Waals surface area (Å²) in [5.41, 5.74) is -1.82. The summed E-state index contributed by atoms with van der Waals surface area (Å²) in [5, 5.41) is 0. The van der Waals surface area contributed by atoms with Gasteiger partial charge < -0.3 is 0 Å². The first-order valence-electron chi connectivity index (χ1n) is 5.78. The Balaban J connectivity index is 2.25. The third-order valence-electron chi connectivity index (χ3n) is 3.30. The van der Waals surface area contributed by atoms with Crippen LogP contribution in [0.4, 0.5) is 17.6 Å². The molecule has 0 bridgehead atoms. The molecule has 2 rings (SSSR count). The molecule has 0 N–H and O–H groups in total. The summed E-state index contributed by atoms with van der Waals surface area (Å²) in [6.45, 7) is 0. The predicted molar refractivity (Wildman–Crippen MR) is 57.7 cm³/mol. The van der Waals surface area contributed by atoms with E-state index in [0.717, 1.165) is 31.4 Å². The molecule has 18 heavy (non-hydrogen) atoms. The standard InChI is InChI=1S/C13H12F4O/c14-12-9(11(18)7-8-3-1-4-8)5-2-6-10(12)13(15,16)17/h2,5-6,8H,1,3-4,7H2. The van der Waals surface area contributed by atoms with Gasteiger partial charge in [-0.1, -0.05) is 25.3 Å². The fourth-order valence-electron chi connectivity index (χ4n) is 2.04. The van der Waals surface area contributed by atoms with Gasteiger partial charge in [0.1, 0.15) is 5.82 Å². The second-order valence-corrected chi connectivity index (χ2v) is 4.59. The number of halogens is 4. The highest BCUT2D eigenvalue weighted by molar-refractivity contribution is 5.96. The van der Waals surface area contributed by atoms with Crippen LogP contribution in [0.15, 0.2) is 18.2 Å². The van der Waals surface area contributed by atoms with Crippen LogP contribution in [-0.4, -0.2) is 5.78 Å². The Morgan fingerprint density at radius 3 is 2.44 bits per heavy atom. The molecule has 0 amide bonds. The fraction of sp³-hybridized carbons (Fsp3) is 0.462. The molecule has 1 aliphatic rings. The Kier molecular flexibility index (Phi) is 3.41. The van der Waals surface area contributed by atoms with Gasteiger partial charge in [0.15, 0.2) is 5.78 Å². The first-order chi connectivity index (χ1) is 8.39. The maximum Gasteiger partial charge on any atom is 0.419 e. The number of alkyl halides is 3. The average Bonchev–Trinajstić information content (AvgIpc) is 2.21. The van der Waals surface area contributed by atoms with E-state index in [9.17, 15) is 22.4 Å². The van der Waals surface area contributed by atoms with E-state index in [1.807, 2.05) is 0 Å². The third kappa shape index (κ3) is 2.54. The molecule has 1 aromatic carbocycles. The molecule has 98 valence electrons. The lowest BCUT2D eigenvalue weighted by Gasteiger charge is -2.24. The van der Waals surface area contributed by atoms with Crippen LogP contribution in [0.25, 0.3) is 0 Å². The minimum absolute atomic E-state index is 0.137. The average molecular weight is 260 g/mol. The molecular formula is C13H12F4O. The van der Waals surface area contributed by atoms with E-state index in [1.54, 1.807) is 0 Å². The normalized spacial score (nSPS) is 16.4. The molecule has 0 heterocycles. The van der Waals surface area contributed by atoms with Crippen molar-refractivity contribution in [3.63, 3.8) is 0 Å². The van der Waals surface area contributed by atoms with Gasteiger partial charge in [-0.15, -0.1) is 0 Å². The lowest BCUT2D eigenvalue weighted by atomic mass is 9.81. The number of rotatable bonds is 3. The molecule has 1 aliphatic carbocycles. The van der Waals surface area contributed by atoms with E-state index in [0.29, 0.717) is 6.07 Å². The van der Waals surface area contributed by atoms with Crippen molar-refractivity contribution in [1.29, 1.82) is 0 Å². The Morgan fingerprint density at radius 2 is 1.94 bits per heavy atom. The molecule has 0 aromatic heterocycles. The number of hydrogen-bond donors (Lipinski definition) is 0. The molecule has 5 heteroatoms. The second kappa shape index (κ2) is 4.71. The van der Waals surface area contributed by atoms with Gasteiger partial charge in [-0.2, -0.15) is 13.2 Å². The fourth-order valence-corrected chi connectivity index (χ4v) is 2.04. The molecule has 1 saturated carbocycles. The van der Waals surface area contributed by atoms with Gasteiger partial charge >= 0.3 is 6.18 Å². The Hall–Kier alpha value is -1.39. The first-order valence-corrected chi connectivity index (χ1v) is 5.78. The van der Waals surface area contributed by atoms with E-state index in [4.69, 9.17) is 0 Å². The largest absolute Gasteiger partial charge is 0.419 e. The monoisotopic (exact) mass is 260 g/mol. The van der Waals surface area contributed by atoms with E-state index >= 15 is 0 Å². The molecule has 1 aromatic rings. The van der Waals surface area contributed by atoms with E-state index in [-0.39, 0.29) is 12.3 Å². The number of carbonyl (C=O) groups is 1. The van der Waals surface area contributed by atoms with Crippen LogP contribution in [0.3, 0.4) is 0 Å². The summed E-state index contributed by atoms with van der Waals surface area (Å²) < 4.78 is 51.1. The highest BCUT2D eigenvalue weighted by Crippen LogP contribution is 2.34. The lowest BCUT2D eigenvalue weighted by Crippen LogP contribution is -2.18. The van der Waals surface area contributed by atoms with Crippen LogP contribution < -0.4 is 0 Å². The van der Waals surface area contributed by atoms with Gasteiger partial charge in [-0.05, 0) is 18.1 Å². The van der Waals surface area contributed by atoms with E-state index in [1.165, 1.54) is 0 Å². The summed E-state index contributed by atoms with van der Waals surface area (Å²) in [5.74, 6) is -1.79. The molecule has 0 saturated heterocycles. The summed E-state index contributed by atoms with van der Waals surface area (Å²) in [4.78, 5) is 11.7. The molecule has 0 unspecified atom stereocenters. The van der Waals surface area contributed by atoms with Crippen molar-refractivity contribution in [1.82, 2.24) is 0 Å². The van der Waals surface area contributed by atoms with Crippen LogP contribution >= 0.6 is 0 Å². The van der Waals surface area contributed by atoms with Gasteiger partial charge in [-0.3, -0.25) is 4.79 Å². The van der Waals surface area contributed by atoms with Crippen molar-refractivity contribution in [2.24, 2.45) is 5.92 Å². The molecule has 0 spiro atoms. The van der Waals surface area contributed by atoms with Crippen LogP contribution in [0.5, 0.6) is 0 Å². The summed E-state index contributed by atoms with van der Waals surface area (Å²) in [6, 6.07) is 2.83. The van der Waals surface area contributed by atoms with Crippen LogP contribution in [0.2, 0.25) is 0 Å². The highest BCUT2D eigenvalue weighted by atomic mass is 19.4. The van der Waals surface area contributed by atoms with Gasteiger partial charge in [0.2, 0.25) is 0 Å². The maximum absolute atomic E-state index is 13.7. The molecule has 1 nitrogen and oxygen atoms in total. The third-order valence-corrected chi connectivity index (χ3v) is 3.30. The maximum atomic E-state index is 13.7. The smallest absolute Gasteiger partial charge is 0.294 e. The van der Waals surface area contributed by atoms with Crippen LogP contribution in [0.1, 0.15) is 41.6 Å². The summed E-state index contributed by atoms with van der Waals surface area (Å²) in [6.07, 6.45) is -1.81. The zero-order chi connectivity index (χ0) is 13.3. The van der Waals surface area contributed by atoms with E-state index in [2.05, 4.69) is 0 Å². The molecular weight excluding hydrogens is 248 g/mol. The minimum atomic E-state index is -4.77. The van der Waals surface area contributed by atoms with Crippen molar-refractivity contribution in [2.75, 3.05) is 0 Å².